The molecule has 1 aliphatic heterocycles. The number of hydrogen-bond donors (Lipinski definition) is 0. The summed E-state index contributed by atoms with van der Waals surface area (Å²) < 4.78 is 67.0. The fraction of sp³-hybridized carbons (Fsp3) is 0.438. The van der Waals surface area contributed by atoms with Crippen LogP contribution in [0.15, 0.2) is 24.4 Å². The van der Waals surface area contributed by atoms with Crippen molar-refractivity contribution in [2.75, 3.05) is 0 Å². The van der Waals surface area contributed by atoms with Gasteiger partial charge in [0, 0.05) is 30.8 Å². The molecule has 124 valence electrons. The van der Waals surface area contributed by atoms with Crippen LogP contribution in [0.1, 0.15) is 35.8 Å². The van der Waals surface area contributed by atoms with E-state index in [9.17, 15) is 22.0 Å². The van der Waals surface area contributed by atoms with E-state index in [1.807, 2.05) is 0 Å². The summed E-state index contributed by atoms with van der Waals surface area (Å²) in [5.41, 5.74) is 0.278. The number of aromatic nitrogens is 2. The zero-order valence-electron chi connectivity index (χ0n) is 12.2. The summed E-state index contributed by atoms with van der Waals surface area (Å²) in [6, 6.07) is 3.95. The normalized spacial score (nSPS) is 18.6. The summed E-state index contributed by atoms with van der Waals surface area (Å²) in [5.74, 6) is -1.65. The van der Waals surface area contributed by atoms with Crippen molar-refractivity contribution in [1.82, 2.24) is 9.55 Å². The molecule has 1 aliphatic rings. The van der Waals surface area contributed by atoms with Gasteiger partial charge in [0.1, 0.15) is 5.82 Å². The number of rotatable bonds is 2. The van der Waals surface area contributed by atoms with Gasteiger partial charge in [-0.15, -0.1) is 0 Å². The first kappa shape index (κ1) is 16.0. The summed E-state index contributed by atoms with van der Waals surface area (Å²) in [6.45, 7) is 0.182. The second-order valence-electron chi connectivity index (χ2n) is 5.80. The van der Waals surface area contributed by atoms with E-state index >= 15 is 0 Å². The third-order valence-corrected chi connectivity index (χ3v) is 4.18. The minimum Gasteiger partial charge on any atom is -0.331 e. The molecule has 7 heteroatoms. The Morgan fingerprint density at radius 3 is 2.74 bits per heavy atom. The highest BCUT2D eigenvalue weighted by Crippen LogP contribution is 2.32. The van der Waals surface area contributed by atoms with Crippen LogP contribution < -0.4 is 0 Å². The Morgan fingerprint density at radius 2 is 2.00 bits per heavy atom. The van der Waals surface area contributed by atoms with Gasteiger partial charge in [-0.3, -0.25) is 0 Å². The first-order chi connectivity index (χ1) is 10.8. The molecule has 2 nitrogen and oxygen atoms in total. The van der Waals surface area contributed by atoms with E-state index in [1.54, 1.807) is 0 Å². The van der Waals surface area contributed by atoms with Crippen molar-refractivity contribution in [1.29, 1.82) is 0 Å². The minimum atomic E-state index is -4.33. The van der Waals surface area contributed by atoms with Crippen LogP contribution in [-0.2, 0) is 19.4 Å². The summed E-state index contributed by atoms with van der Waals surface area (Å²) in [5, 5.41) is 0. The van der Waals surface area contributed by atoms with Crippen LogP contribution in [0.5, 0.6) is 0 Å². The Labute approximate surface area is 130 Å². The third kappa shape index (κ3) is 3.38. The molecule has 0 radical (unpaired) electrons. The Balaban J connectivity index is 1.94. The van der Waals surface area contributed by atoms with E-state index in [2.05, 4.69) is 4.98 Å². The number of imidazole rings is 1. The molecule has 0 saturated heterocycles. The lowest BCUT2D eigenvalue weighted by Gasteiger charge is -2.19. The predicted molar refractivity (Wildman–Crippen MR) is 74.0 cm³/mol. The highest BCUT2D eigenvalue weighted by atomic mass is 19.4. The monoisotopic (exact) mass is 330 g/mol. The maximum Gasteiger partial charge on any atom is 0.394 e. The number of benzene rings is 1. The quantitative estimate of drug-likeness (QED) is 0.747. The first-order valence-corrected chi connectivity index (χ1v) is 7.39. The maximum atomic E-state index is 14.0. The zero-order chi connectivity index (χ0) is 16.6. The zero-order valence-corrected chi connectivity index (χ0v) is 12.2. The summed E-state index contributed by atoms with van der Waals surface area (Å²) in [7, 11) is 0. The Hall–Kier alpha value is -1.92. The van der Waals surface area contributed by atoms with Crippen LogP contribution in [-0.4, -0.2) is 15.7 Å². The van der Waals surface area contributed by atoms with Crippen molar-refractivity contribution in [3.05, 3.63) is 53.1 Å². The number of fused-ring (bicyclic) bond motifs is 1. The molecule has 0 bridgehead atoms. The fourth-order valence-electron chi connectivity index (χ4n) is 3.13. The van der Waals surface area contributed by atoms with Gasteiger partial charge in [0.15, 0.2) is 11.6 Å². The number of nitrogens with zero attached hydrogens (tertiary/aromatic N) is 2. The van der Waals surface area contributed by atoms with Crippen molar-refractivity contribution < 1.29 is 22.0 Å². The molecule has 1 aromatic carbocycles. The molecule has 0 spiro atoms. The molecule has 1 aromatic heterocycles. The lowest BCUT2D eigenvalue weighted by Crippen LogP contribution is -2.18. The van der Waals surface area contributed by atoms with Crippen LogP contribution >= 0.6 is 0 Å². The highest BCUT2D eigenvalue weighted by Gasteiger charge is 2.32. The smallest absolute Gasteiger partial charge is 0.331 e. The molecule has 0 saturated carbocycles. The van der Waals surface area contributed by atoms with Gasteiger partial charge in [0.05, 0.1) is 6.42 Å². The van der Waals surface area contributed by atoms with Gasteiger partial charge in [-0.2, -0.15) is 13.2 Å². The van der Waals surface area contributed by atoms with Crippen molar-refractivity contribution in [3.63, 3.8) is 0 Å². The molecule has 3 rings (SSSR count). The maximum absolute atomic E-state index is 14.0. The Bertz CT molecular complexity index is 705. The molecule has 0 unspecified atom stereocenters. The SMILES string of the molecule is Fc1cccc([C@@H]2CCCc3ncc(CC(F)(F)F)n3C2)c1F. The molecule has 0 aliphatic carbocycles. The van der Waals surface area contributed by atoms with Crippen molar-refractivity contribution in [2.24, 2.45) is 0 Å². The van der Waals surface area contributed by atoms with Crippen LogP contribution in [0, 0.1) is 11.6 Å². The second-order valence-corrected chi connectivity index (χ2v) is 5.80. The van der Waals surface area contributed by atoms with Gasteiger partial charge in [0.25, 0.3) is 0 Å². The lowest BCUT2D eigenvalue weighted by molar-refractivity contribution is -0.128. The predicted octanol–water partition coefficient (Wildman–Crippen LogP) is 4.39. The number of aryl methyl sites for hydroxylation is 1. The molecule has 0 amide bonds. The number of halogens is 5. The minimum absolute atomic E-state index is 0.0659. The molecule has 0 fully saturated rings. The van der Waals surface area contributed by atoms with Crippen LogP contribution in [0.4, 0.5) is 22.0 Å². The molecular formula is C16H15F5N2. The average molecular weight is 330 g/mol. The van der Waals surface area contributed by atoms with E-state index in [4.69, 9.17) is 0 Å². The summed E-state index contributed by atoms with van der Waals surface area (Å²) in [6.07, 6.45) is -2.39. The molecule has 2 aromatic rings. The highest BCUT2D eigenvalue weighted by molar-refractivity contribution is 5.24. The van der Waals surface area contributed by atoms with Crippen LogP contribution in [0.2, 0.25) is 0 Å². The molecule has 2 heterocycles. The Morgan fingerprint density at radius 1 is 1.22 bits per heavy atom. The van der Waals surface area contributed by atoms with Crippen molar-refractivity contribution >= 4 is 0 Å². The third-order valence-electron chi connectivity index (χ3n) is 4.18. The topological polar surface area (TPSA) is 17.8 Å². The van der Waals surface area contributed by atoms with E-state index < -0.39 is 24.2 Å². The molecular weight excluding hydrogens is 315 g/mol. The lowest BCUT2D eigenvalue weighted by atomic mass is 9.93. The van der Waals surface area contributed by atoms with Crippen LogP contribution in [0.3, 0.4) is 0 Å². The standard InChI is InChI=1S/C16H15F5N2/c17-13-5-2-4-12(15(13)18)10-3-1-6-14-22-8-11(23(14)9-10)7-16(19,20)21/h2,4-5,8,10H,1,3,6-7,9H2/t10-/m1/s1. The molecule has 23 heavy (non-hydrogen) atoms. The Kier molecular flexibility index (Phi) is 4.12. The van der Waals surface area contributed by atoms with Gasteiger partial charge < -0.3 is 4.57 Å². The average Bonchev–Trinajstić information content (AvgIpc) is 2.70. The van der Waals surface area contributed by atoms with Crippen LogP contribution in [0.25, 0.3) is 0 Å². The first-order valence-electron chi connectivity index (χ1n) is 7.39. The number of hydrogen-bond acceptors (Lipinski definition) is 1. The second kappa shape index (κ2) is 5.94. The summed E-state index contributed by atoms with van der Waals surface area (Å²) >= 11 is 0. The fourth-order valence-corrected chi connectivity index (χ4v) is 3.13. The van der Waals surface area contributed by atoms with Gasteiger partial charge in [-0.25, -0.2) is 13.8 Å². The van der Waals surface area contributed by atoms with Gasteiger partial charge in [-0.1, -0.05) is 12.1 Å². The van der Waals surface area contributed by atoms with Crippen molar-refractivity contribution in [2.45, 2.75) is 44.3 Å². The van der Waals surface area contributed by atoms with Gasteiger partial charge >= 0.3 is 6.18 Å². The van der Waals surface area contributed by atoms with Gasteiger partial charge in [0.2, 0.25) is 0 Å². The molecule has 0 N–H and O–H groups in total. The van der Waals surface area contributed by atoms with E-state index in [0.29, 0.717) is 25.1 Å². The number of alkyl halides is 3. The van der Waals surface area contributed by atoms with E-state index in [0.717, 1.165) is 6.07 Å². The van der Waals surface area contributed by atoms with Gasteiger partial charge in [-0.05, 0) is 24.5 Å². The van der Waals surface area contributed by atoms with Crippen molar-refractivity contribution in [3.8, 4) is 0 Å². The molecule has 1 atom stereocenters. The summed E-state index contributed by atoms with van der Waals surface area (Å²) in [4.78, 5) is 4.06. The van der Waals surface area contributed by atoms with E-state index in [1.165, 1.54) is 22.9 Å². The van der Waals surface area contributed by atoms with E-state index in [-0.39, 0.29) is 23.7 Å². The largest absolute Gasteiger partial charge is 0.394 e.